The largest absolute Gasteiger partial charge is 0.370 e. The van der Waals surface area contributed by atoms with Crippen LogP contribution in [0, 0.1) is 12.8 Å². The number of nitrogens with one attached hydrogen (secondary N) is 1. The van der Waals surface area contributed by atoms with E-state index in [0.29, 0.717) is 6.04 Å². The van der Waals surface area contributed by atoms with Gasteiger partial charge in [0.05, 0.1) is 6.54 Å². The molecule has 1 heterocycles. The van der Waals surface area contributed by atoms with Gasteiger partial charge in [0.1, 0.15) is 11.6 Å². The summed E-state index contributed by atoms with van der Waals surface area (Å²) in [5.41, 5.74) is 1.04. The van der Waals surface area contributed by atoms with Crippen LogP contribution in [0.4, 0.5) is 5.82 Å². The van der Waals surface area contributed by atoms with Crippen LogP contribution in [0.3, 0.4) is 0 Å². The van der Waals surface area contributed by atoms with Crippen molar-refractivity contribution >= 4 is 5.82 Å². The van der Waals surface area contributed by atoms with Gasteiger partial charge in [-0.2, -0.15) is 0 Å². The maximum Gasteiger partial charge on any atom is 0.144 e. The number of aryl methyl sites for hydroxylation is 1. The summed E-state index contributed by atoms with van der Waals surface area (Å²) in [5, 5.41) is 3.28. The predicted molar refractivity (Wildman–Crippen MR) is 83.8 cm³/mol. The molecule has 112 valence electrons. The van der Waals surface area contributed by atoms with Gasteiger partial charge in [-0.15, -0.1) is 0 Å². The van der Waals surface area contributed by atoms with E-state index in [-0.39, 0.29) is 0 Å². The average Bonchev–Trinajstić information content (AvgIpc) is 2.39. The zero-order valence-corrected chi connectivity index (χ0v) is 13.3. The average molecular weight is 276 g/mol. The summed E-state index contributed by atoms with van der Waals surface area (Å²) >= 11 is 0. The maximum atomic E-state index is 4.61. The van der Waals surface area contributed by atoms with Crippen LogP contribution in [0.15, 0.2) is 6.07 Å². The summed E-state index contributed by atoms with van der Waals surface area (Å²) in [7, 11) is 2.21. The molecule has 20 heavy (non-hydrogen) atoms. The van der Waals surface area contributed by atoms with Crippen molar-refractivity contribution in [3.8, 4) is 0 Å². The van der Waals surface area contributed by atoms with Crippen molar-refractivity contribution in [2.24, 2.45) is 5.92 Å². The molecule has 1 saturated carbocycles. The Balaban J connectivity index is 1.98. The van der Waals surface area contributed by atoms with Crippen LogP contribution in [0.2, 0.25) is 0 Å². The third-order valence-electron chi connectivity index (χ3n) is 4.26. The quantitative estimate of drug-likeness (QED) is 0.896. The Kier molecular flexibility index (Phi) is 5.35. The van der Waals surface area contributed by atoms with Crippen LogP contribution in [-0.2, 0) is 6.54 Å². The number of hydrogen-bond acceptors (Lipinski definition) is 4. The normalized spacial score (nSPS) is 23.1. The van der Waals surface area contributed by atoms with E-state index >= 15 is 0 Å². The first-order valence-corrected chi connectivity index (χ1v) is 7.87. The molecule has 0 atom stereocenters. The van der Waals surface area contributed by atoms with Gasteiger partial charge in [0, 0.05) is 24.3 Å². The fraction of sp³-hybridized carbons (Fsp3) is 0.750. The Hall–Kier alpha value is -1.16. The van der Waals surface area contributed by atoms with Crippen LogP contribution in [0.5, 0.6) is 0 Å². The van der Waals surface area contributed by atoms with Gasteiger partial charge < -0.3 is 5.32 Å². The van der Waals surface area contributed by atoms with Gasteiger partial charge in [0.2, 0.25) is 0 Å². The van der Waals surface area contributed by atoms with E-state index in [4.69, 9.17) is 0 Å². The number of hydrogen-bond donors (Lipinski definition) is 1. The molecular weight excluding hydrogens is 248 g/mol. The molecule has 1 aromatic rings. The molecule has 0 unspecified atom stereocenters. The second-order valence-corrected chi connectivity index (χ2v) is 6.17. The van der Waals surface area contributed by atoms with Crippen LogP contribution in [0.25, 0.3) is 0 Å². The highest BCUT2D eigenvalue weighted by Gasteiger charge is 2.22. The highest BCUT2D eigenvalue weighted by atomic mass is 15.2. The SMILES string of the molecule is CCNc1cc(C)nc(CN(C)C2CCC(C)CC2)n1. The minimum atomic E-state index is 0.692. The Morgan fingerprint density at radius 1 is 1.25 bits per heavy atom. The van der Waals surface area contributed by atoms with Crippen molar-refractivity contribution in [2.45, 2.75) is 59.0 Å². The molecule has 1 aliphatic carbocycles. The first-order chi connectivity index (χ1) is 9.58. The zero-order chi connectivity index (χ0) is 14.5. The minimum absolute atomic E-state index is 0.692. The van der Waals surface area contributed by atoms with Gasteiger partial charge in [-0.1, -0.05) is 6.92 Å². The summed E-state index contributed by atoms with van der Waals surface area (Å²) < 4.78 is 0. The molecule has 0 aliphatic heterocycles. The van der Waals surface area contributed by atoms with E-state index in [1.807, 2.05) is 13.0 Å². The molecule has 4 nitrogen and oxygen atoms in total. The van der Waals surface area contributed by atoms with E-state index in [1.165, 1.54) is 25.7 Å². The van der Waals surface area contributed by atoms with E-state index < -0.39 is 0 Å². The molecule has 1 aliphatic rings. The minimum Gasteiger partial charge on any atom is -0.370 e. The number of aromatic nitrogens is 2. The lowest BCUT2D eigenvalue weighted by Crippen LogP contribution is -2.34. The molecule has 1 N–H and O–H groups in total. The Morgan fingerprint density at radius 2 is 1.95 bits per heavy atom. The molecule has 1 aromatic heterocycles. The van der Waals surface area contributed by atoms with Crippen molar-refractivity contribution in [1.29, 1.82) is 0 Å². The van der Waals surface area contributed by atoms with Crippen LogP contribution in [0.1, 0.15) is 51.0 Å². The highest BCUT2D eigenvalue weighted by Crippen LogP contribution is 2.27. The summed E-state index contributed by atoms with van der Waals surface area (Å²) in [6, 6.07) is 2.70. The van der Waals surface area contributed by atoms with Gasteiger partial charge in [-0.05, 0) is 52.5 Å². The van der Waals surface area contributed by atoms with Crippen LogP contribution < -0.4 is 5.32 Å². The van der Waals surface area contributed by atoms with Crippen molar-refractivity contribution in [3.63, 3.8) is 0 Å². The lowest BCUT2D eigenvalue weighted by atomic mass is 9.87. The van der Waals surface area contributed by atoms with Crippen molar-refractivity contribution in [1.82, 2.24) is 14.9 Å². The van der Waals surface area contributed by atoms with Crippen LogP contribution >= 0.6 is 0 Å². The smallest absolute Gasteiger partial charge is 0.144 e. The van der Waals surface area contributed by atoms with Gasteiger partial charge in [0.25, 0.3) is 0 Å². The van der Waals surface area contributed by atoms with Crippen molar-refractivity contribution in [2.75, 3.05) is 18.9 Å². The molecule has 0 saturated heterocycles. The predicted octanol–water partition coefficient (Wildman–Crippen LogP) is 3.23. The van der Waals surface area contributed by atoms with Crippen molar-refractivity contribution < 1.29 is 0 Å². The summed E-state index contributed by atoms with van der Waals surface area (Å²) in [6.45, 7) is 8.23. The lowest BCUT2D eigenvalue weighted by Gasteiger charge is -2.33. The molecule has 2 rings (SSSR count). The monoisotopic (exact) mass is 276 g/mol. The molecule has 4 heteroatoms. The van der Waals surface area contributed by atoms with E-state index in [0.717, 1.165) is 36.3 Å². The summed E-state index contributed by atoms with van der Waals surface area (Å²) in [4.78, 5) is 11.6. The first kappa shape index (κ1) is 15.2. The molecule has 0 radical (unpaired) electrons. The summed E-state index contributed by atoms with van der Waals surface area (Å²) in [5.74, 6) is 2.78. The Morgan fingerprint density at radius 3 is 2.60 bits per heavy atom. The second kappa shape index (κ2) is 7.02. The first-order valence-electron chi connectivity index (χ1n) is 7.87. The third kappa shape index (κ3) is 4.17. The third-order valence-corrected chi connectivity index (χ3v) is 4.26. The van der Waals surface area contributed by atoms with Crippen molar-refractivity contribution in [3.05, 3.63) is 17.6 Å². The van der Waals surface area contributed by atoms with E-state index in [1.54, 1.807) is 0 Å². The van der Waals surface area contributed by atoms with Gasteiger partial charge >= 0.3 is 0 Å². The molecule has 0 bridgehead atoms. The molecule has 0 aromatic carbocycles. The second-order valence-electron chi connectivity index (χ2n) is 6.17. The standard InChI is InChI=1S/C16H28N4/c1-5-17-15-10-13(3)18-16(19-15)11-20(4)14-8-6-12(2)7-9-14/h10,12,14H,5-9,11H2,1-4H3,(H,17,18,19). The molecule has 0 spiro atoms. The molecule has 1 fully saturated rings. The topological polar surface area (TPSA) is 41.1 Å². The molecule has 0 amide bonds. The van der Waals surface area contributed by atoms with Crippen LogP contribution in [-0.4, -0.2) is 34.5 Å². The van der Waals surface area contributed by atoms with Gasteiger partial charge in [-0.3, -0.25) is 4.90 Å². The number of rotatable bonds is 5. The van der Waals surface area contributed by atoms with Gasteiger partial charge in [-0.25, -0.2) is 9.97 Å². The number of nitrogens with zero attached hydrogens (tertiary/aromatic N) is 3. The van der Waals surface area contributed by atoms with Gasteiger partial charge in [0.15, 0.2) is 0 Å². The lowest BCUT2D eigenvalue weighted by molar-refractivity contribution is 0.161. The summed E-state index contributed by atoms with van der Waals surface area (Å²) in [6.07, 6.45) is 5.33. The van der Waals surface area contributed by atoms with E-state index in [2.05, 4.69) is 41.1 Å². The fourth-order valence-electron chi connectivity index (χ4n) is 3.01. The molecular formula is C16H28N4. The fourth-order valence-corrected chi connectivity index (χ4v) is 3.01. The Bertz CT molecular complexity index is 424. The van der Waals surface area contributed by atoms with E-state index in [9.17, 15) is 0 Å². The highest BCUT2D eigenvalue weighted by molar-refractivity contribution is 5.35. The Labute approximate surface area is 123 Å². The zero-order valence-electron chi connectivity index (χ0n) is 13.3. The number of anilines is 1. The maximum absolute atomic E-state index is 4.61.